The van der Waals surface area contributed by atoms with Crippen LogP contribution in [0, 0.1) is 6.92 Å². The number of ether oxygens (including phenoxy) is 1. The van der Waals surface area contributed by atoms with Gasteiger partial charge in [0.15, 0.2) is 0 Å². The fourth-order valence-corrected chi connectivity index (χ4v) is 5.40. The number of nitrogens with one attached hydrogen (secondary N) is 1. The van der Waals surface area contributed by atoms with Crippen LogP contribution in [0.25, 0.3) is 0 Å². The van der Waals surface area contributed by atoms with E-state index >= 15 is 0 Å². The molecule has 0 fully saturated rings. The number of aryl methyl sites for hydroxylation is 1. The van der Waals surface area contributed by atoms with Crippen LogP contribution in [0.2, 0.25) is 0 Å². The first-order valence-electron chi connectivity index (χ1n) is 10.9. The van der Waals surface area contributed by atoms with Crippen LogP contribution in [0.3, 0.4) is 0 Å². The van der Waals surface area contributed by atoms with Crippen LogP contribution >= 0.6 is 11.9 Å². The third-order valence-electron chi connectivity index (χ3n) is 5.65. The molecule has 1 N–H and O–H groups in total. The van der Waals surface area contributed by atoms with E-state index in [9.17, 15) is 0 Å². The number of allylic oxidation sites excluding steroid dienone is 2. The van der Waals surface area contributed by atoms with Crippen LogP contribution in [0.4, 0.5) is 0 Å². The zero-order valence-electron chi connectivity index (χ0n) is 18.0. The minimum absolute atomic E-state index is 0.274. The molecule has 2 atom stereocenters. The lowest BCUT2D eigenvalue weighted by Gasteiger charge is -2.26. The summed E-state index contributed by atoms with van der Waals surface area (Å²) in [5.41, 5.74) is 5.65. The maximum Gasteiger partial charge on any atom is 0.0605 e. The van der Waals surface area contributed by atoms with Crippen LogP contribution in [0.5, 0.6) is 0 Å². The van der Waals surface area contributed by atoms with E-state index in [2.05, 4.69) is 67.8 Å². The fraction of sp³-hybridized carbons (Fsp3) is 0.583. The largest absolute Gasteiger partial charge is 0.379 e. The van der Waals surface area contributed by atoms with Gasteiger partial charge in [0.25, 0.3) is 0 Å². The Bertz CT molecular complexity index is 707. The molecule has 0 spiro atoms. The Hall–Kier alpha value is -1.23. The molecular weight excluding hydrogens is 364 g/mol. The molecule has 2 unspecified atom stereocenters. The molecule has 154 valence electrons. The van der Waals surface area contributed by atoms with Crippen LogP contribution < -0.4 is 5.32 Å². The Morgan fingerprint density at radius 3 is 2.93 bits per heavy atom. The van der Waals surface area contributed by atoms with Crippen molar-refractivity contribution in [3.8, 4) is 0 Å². The van der Waals surface area contributed by atoms with Crippen molar-refractivity contribution in [1.29, 1.82) is 0 Å². The van der Waals surface area contributed by atoms with Gasteiger partial charge < -0.3 is 14.4 Å². The molecule has 0 bridgehead atoms. The minimum atomic E-state index is 0.274. The van der Waals surface area contributed by atoms with Crippen molar-refractivity contribution >= 4 is 11.9 Å². The topological polar surface area (TPSA) is 24.5 Å². The Morgan fingerprint density at radius 1 is 1.29 bits per heavy atom. The van der Waals surface area contributed by atoms with E-state index in [1.807, 2.05) is 11.9 Å². The number of fused-ring (bicyclic) bond motifs is 1. The van der Waals surface area contributed by atoms with Gasteiger partial charge in [-0.25, -0.2) is 0 Å². The number of rotatable bonds is 9. The Kier molecular flexibility index (Phi) is 8.07. The highest BCUT2D eigenvalue weighted by atomic mass is 32.2. The predicted molar refractivity (Wildman–Crippen MR) is 120 cm³/mol. The van der Waals surface area contributed by atoms with E-state index < -0.39 is 0 Å². The summed E-state index contributed by atoms with van der Waals surface area (Å²) in [5.74, 6) is 0. The third-order valence-corrected chi connectivity index (χ3v) is 6.69. The van der Waals surface area contributed by atoms with Crippen LogP contribution in [0.1, 0.15) is 69.5 Å². The summed E-state index contributed by atoms with van der Waals surface area (Å²) in [7, 11) is 2.21. The van der Waals surface area contributed by atoms with Gasteiger partial charge in [-0.2, -0.15) is 0 Å². The fourth-order valence-electron chi connectivity index (χ4n) is 4.27. The maximum atomic E-state index is 5.91. The highest BCUT2D eigenvalue weighted by Gasteiger charge is 2.28. The monoisotopic (exact) mass is 400 g/mol. The summed E-state index contributed by atoms with van der Waals surface area (Å²) < 4.78 is 8.29. The maximum absolute atomic E-state index is 5.91. The van der Waals surface area contributed by atoms with Gasteiger partial charge in [0.1, 0.15) is 0 Å². The number of benzene rings is 1. The smallest absolute Gasteiger partial charge is 0.0605 e. The highest BCUT2D eigenvalue weighted by Crippen LogP contribution is 2.43. The summed E-state index contributed by atoms with van der Waals surface area (Å²) in [6.07, 6.45) is 12.0. The zero-order chi connectivity index (χ0) is 19.9. The number of nitrogens with zero attached hydrogens (tertiary/aromatic N) is 1. The van der Waals surface area contributed by atoms with E-state index in [1.54, 1.807) is 0 Å². The average Bonchev–Trinajstić information content (AvgIpc) is 2.80. The van der Waals surface area contributed by atoms with E-state index in [-0.39, 0.29) is 6.04 Å². The second-order valence-corrected chi connectivity index (χ2v) is 9.04. The Labute approximate surface area is 175 Å². The van der Waals surface area contributed by atoms with E-state index in [4.69, 9.17) is 4.74 Å². The van der Waals surface area contributed by atoms with Gasteiger partial charge in [-0.3, -0.25) is 0 Å². The molecule has 0 radical (unpaired) electrons. The molecule has 0 amide bonds. The van der Waals surface area contributed by atoms with Gasteiger partial charge >= 0.3 is 0 Å². The van der Waals surface area contributed by atoms with Gasteiger partial charge in [0.05, 0.1) is 12.1 Å². The lowest BCUT2D eigenvalue weighted by molar-refractivity contribution is 0.0488. The van der Waals surface area contributed by atoms with Crippen LogP contribution in [0.15, 0.2) is 46.5 Å². The first-order chi connectivity index (χ1) is 13.6. The van der Waals surface area contributed by atoms with Crippen molar-refractivity contribution in [2.45, 2.75) is 76.3 Å². The van der Waals surface area contributed by atoms with E-state index in [1.165, 1.54) is 40.1 Å². The molecule has 2 aliphatic rings. The molecule has 1 aromatic rings. The first-order valence-corrected chi connectivity index (χ1v) is 11.7. The highest BCUT2D eigenvalue weighted by molar-refractivity contribution is 7.97. The molecule has 28 heavy (non-hydrogen) atoms. The van der Waals surface area contributed by atoms with Gasteiger partial charge in [-0.15, -0.1) is 0 Å². The van der Waals surface area contributed by atoms with Crippen molar-refractivity contribution in [1.82, 2.24) is 9.62 Å². The summed E-state index contributed by atoms with van der Waals surface area (Å²) in [5, 5.41) is 3.89. The van der Waals surface area contributed by atoms with Crippen molar-refractivity contribution in [2.24, 2.45) is 0 Å². The van der Waals surface area contributed by atoms with Crippen molar-refractivity contribution < 1.29 is 4.74 Å². The summed E-state index contributed by atoms with van der Waals surface area (Å²) in [6, 6.07) is 7.18. The van der Waals surface area contributed by atoms with Gasteiger partial charge in [0.2, 0.25) is 0 Å². The summed E-state index contributed by atoms with van der Waals surface area (Å²) in [6.45, 7) is 8.36. The normalized spacial score (nSPS) is 20.0. The molecule has 4 heteroatoms. The lowest BCUT2D eigenvalue weighted by atomic mass is 9.91. The lowest BCUT2D eigenvalue weighted by Crippen LogP contribution is -2.27. The van der Waals surface area contributed by atoms with Gasteiger partial charge in [0, 0.05) is 24.2 Å². The Morgan fingerprint density at radius 2 is 2.14 bits per heavy atom. The molecule has 3 rings (SSSR count). The number of hydrogen-bond donors (Lipinski definition) is 1. The first kappa shape index (κ1) is 21.5. The standard InChI is InChI=1S/C24H36N2OS/c1-5-10-19(27-6-2)11-9-16-25-24-20-12-7-8-13-22(20)26(4)28-23-17-18(3)14-15-21(23)24/h7,12,14-15,17,19,24-25H,5-6,8-11,13,16H2,1-4H3. The van der Waals surface area contributed by atoms with Crippen LogP contribution in [-0.2, 0) is 4.74 Å². The molecule has 3 nitrogen and oxygen atoms in total. The van der Waals surface area contributed by atoms with Crippen molar-refractivity contribution in [3.63, 3.8) is 0 Å². The molecule has 1 aromatic carbocycles. The minimum Gasteiger partial charge on any atom is -0.379 e. The SMILES string of the molecule is CCCC(CCCNC1C2=C(CCC=C2)N(C)Sc2cc(C)ccc21)OCC. The third kappa shape index (κ3) is 5.22. The zero-order valence-corrected chi connectivity index (χ0v) is 18.8. The molecule has 0 aromatic heterocycles. The summed E-state index contributed by atoms with van der Waals surface area (Å²) >= 11 is 1.88. The second kappa shape index (κ2) is 10.5. The van der Waals surface area contributed by atoms with E-state index in [0.717, 1.165) is 38.8 Å². The van der Waals surface area contributed by atoms with E-state index in [0.29, 0.717) is 6.10 Å². The number of hydrogen-bond acceptors (Lipinski definition) is 4. The predicted octanol–water partition coefficient (Wildman–Crippen LogP) is 6.17. The molecule has 1 aliphatic heterocycles. The molecule has 0 saturated heterocycles. The molecule has 1 heterocycles. The molecular formula is C24H36N2OS. The Balaban J connectivity index is 1.75. The quantitative estimate of drug-likeness (QED) is 0.396. The molecule has 0 saturated carbocycles. The second-order valence-electron chi connectivity index (χ2n) is 7.87. The molecule has 1 aliphatic carbocycles. The van der Waals surface area contributed by atoms with Crippen molar-refractivity contribution in [3.05, 3.63) is 52.7 Å². The van der Waals surface area contributed by atoms with Gasteiger partial charge in [-0.05, 0) is 87.2 Å². The van der Waals surface area contributed by atoms with Crippen molar-refractivity contribution in [2.75, 3.05) is 20.2 Å². The van der Waals surface area contributed by atoms with Crippen LogP contribution in [-0.4, -0.2) is 30.6 Å². The average molecular weight is 401 g/mol. The summed E-state index contributed by atoms with van der Waals surface area (Å²) in [4.78, 5) is 1.38. The van der Waals surface area contributed by atoms with Gasteiger partial charge in [-0.1, -0.05) is 37.6 Å².